The van der Waals surface area contributed by atoms with E-state index >= 15 is 0 Å². The highest BCUT2D eigenvalue weighted by Gasteiger charge is 2.02. The maximum absolute atomic E-state index is 13.3. The van der Waals surface area contributed by atoms with Crippen LogP contribution in [0.25, 0.3) is 0 Å². The summed E-state index contributed by atoms with van der Waals surface area (Å²) < 4.78 is 18.6. The summed E-state index contributed by atoms with van der Waals surface area (Å²) in [7, 11) is 0. The Morgan fingerprint density at radius 1 is 1.22 bits per heavy atom. The predicted octanol–water partition coefficient (Wildman–Crippen LogP) is 3.42. The van der Waals surface area contributed by atoms with E-state index in [4.69, 9.17) is 4.42 Å². The minimum atomic E-state index is -0.182. The lowest BCUT2D eigenvalue weighted by Gasteiger charge is -2.11. The topological polar surface area (TPSA) is 49.6 Å². The molecule has 4 nitrogen and oxygen atoms in total. The third-order valence-electron chi connectivity index (χ3n) is 3.43. The van der Waals surface area contributed by atoms with Gasteiger partial charge in [-0.25, -0.2) is 9.38 Å². The van der Waals surface area contributed by atoms with Gasteiger partial charge in [-0.2, -0.15) is 0 Å². The van der Waals surface area contributed by atoms with Crippen LogP contribution in [0.5, 0.6) is 0 Å². The fraction of sp³-hybridized carbons (Fsp3) is 0.389. The van der Waals surface area contributed by atoms with Crippen molar-refractivity contribution in [2.45, 2.75) is 33.2 Å². The average Bonchev–Trinajstić information content (AvgIpc) is 3.06. The molecule has 0 amide bonds. The van der Waals surface area contributed by atoms with E-state index in [0.29, 0.717) is 12.1 Å². The van der Waals surface area contributed by atoms with Crippen LogP contribution in [-0.2, 0) is 13.0 Å². The summed E-state index contributed by atoms with van der Waals surface area (Å²) in [5, 5.41) is 6.57. The van der Waals surface area contributed by atoms with Crippen LogP contribution in [0.4, 0.5) is 4.39 Å². The average molecular weight is 317 g/mol. The fourth-order valence-corrected chi connectivity index (χ4v) is 2.15. The Morgan fingerprint density at radius 3 is 2.74 bits per heavy atom. The first-order chi connectivity index (χ1) is 11.2. The van der Waals surface area contributed by atoms with Crippen molar-refractivity contribution >= 4 is 5.96 Å². The van der Waals surface area contributed by atoms with Gasteiger partial charge in [0.25, 0.3) is 0 Å². The molecular formula is C18H24FN3O. The van der Waals surface area contributed by atoms with Crippen molar-refractivity contribution in [2.75, 3.05) is 13.1 Å². The summed E-state index contributed by atoms with van der Waals surface area (Å²) in [4.78, 5) is 4.56. The molecule has 2 rings (SSSR count). The van der Waals surface area contributed by atoms with Gasteiger partial charge in [0.15, 0.2) is 5.96 Å². The van der Waals surface area contributed by atoms with Gasteiger partial charge in [-0.15, -0.1) is 0 Å². The zero-order chi connectivity index (χ0) is 16.5. The zero-order valence-corrected chi connectivity index (χ0v) is 13.7. The summed E-state index contributed by atoms with van der Waals surface area (Å²) in [6.07, 6.45) is 3.50. The molecule has 0 aliphatic rings. The number of halogens is 1. The summed E-state index contributed by atoms with van der Waals surface area (Å²) in [5.74, 6) is 1.53. The second kappa shape index (κ2) is 8.98. The molecule has 0 fully saturated rings. The molecule has 2 N–H and O–H groups in total. The van der Waals surface area contributed by atoms with Crippen LogP contribution in [0.15, 0.2) is 46.0 Å². The molecule has 0 aliphatic heterocycles. The van der Waals surface area contributed by atoms with Crippen LogP contribution in [0.2, 0.25) is 0 Å². The largest absolute Gasteiger partial charge is 0.469 e. The van der Waals surface area contributed by atoms with Gasteiger partial charge >= 0.3 is 0 Å². The fourth-order valence-electron chi connectivity index (χ4n) is 2.15. The minimum absolute atomic E-state index is 0.182. The molecule has 0 saturated heterocycles. The molecular weight excluding hydrogens is 293 g/mol. The van der Waals surface area contributed by atoms with Crippen molar-refractivity contribution in [1.29, 1.82) is 0 Å². The van der Waals surface area contributed by atoms with E-state index in [2.05, 4.69) is 22.5 Å². The molecule has 0 saturated carbocycles. The number of aliphatic imine (C=N–C) groups is 1. The van der Waals surface area contributed by atoms with Crippen molar-refractivity contribution in [3.8, 4) is 0 Å². The van der Waals surface area contributed by atoms with Crippen LogP contribution in [0.3, 0.4) is 0 Å². The lowest BCUT2D eigenvalue weighted by molar-refractivity contribution is 0.506. The number of furan rings is 1. The maximum Gasteiger partial charge on any atom is 0.191 e. The Hall–Kier alpha value is -2.30. The smallest absolute Gasteiger partial charge is 0.191 e. The molecule has 0 spiro atoms. The minimum Gasteiger partial charge on any atom is -0.469 e. The molecule has 5 heteroatoms. The molecule has 124 valence electrons. The second-order valence-electron chi connectivity index (χ2n) is 5.43. The molecule has 1 aromatic carbocycles. The standard InChI is InChI=1S/C18H24FN3O/c1-3-9-20-18(21-10-8-16-5-4-11-23-16)22-13-15-6-7-17(19)14(2)12-15/h4-7,11-12H,3,8-10,13H2,1-2H3,(H2,20,21,22). The Balaban J connectivity index is 1.91. The third kappa shape index (κ3) is 5.77. The van der Waals surface area contributed by atoms with Crippen molar-refractivity contribution in [3.63, 3.8) is 0 Å². The van der Waals surface area contributed by atoms with Gasteiger partial charge in [-0.1, -0.05) is 19.1 Å². The number of benzene rings is 1. The summed E-state index contributed by atoms with van der Waals surface area (Å²) in [6, 6.07) is 8.94. The van der Waals surface area contributed by atoms with Gasteiger partial charge < -0.3 is 15.1 Å². The molecule has 1 aromatic heterocycles. The Bertz CT molecular complexity index is 623. The van der Waals surface area contributed by atoms with Gasteiger partial charge in [0, 0.05) is 19.5 Å². The number of rotatable bonds is 7. The van der Waals surface area contributed by atoms with E-state index in [0.717, 1.165) is 43.2 Å². The van der Waals surface area contributed by atoms with Crippen molar-refractivity contribution in [2.24, 2.45) is 4.99 Å². The van der Waals surface area contributed by atoms with Crippen molar-refractivity contribution in [3.05, 3.63) is 59.3 Å². The number of hydrogen-bond acceptors (Lipinski definition) is 2. The second-order valence-corrected chi connectivity index (χ2v) is 5.43. The van der Waals surface area contributed by atoms with Gasteiger partial charge in [0.05, 0.1) is 12.8 Å². The van der Waals surface area contributed by atoms with Gasteiger partial charge in [-0.3, -0.25) is 0 Å². The van der Waals surface area contributed by atoms with Gasteiger partial charge in [0.2, 0.25) is 0 Å². The first kappa shape index (κ1) is 17.1. The molecule has 1 heterocycles. The van der Waals surface area contributed by atoms with E-state index in [1.807, 2.05) is 18.2 Å². The SMILES string of the molecule is CCCNC(=NCc1ccc(F)c(C)c1)NCCc1ccco1. The van der Waals surface area contributed by atoms with Crippen LogP contribution in [0, 0.1) is 12.7 Å². The predicted molar refractivity (Wildman–Crippen MR) is 91.0 cm³/mol. The Kier molecular flexibility index (Phi) is 6.66. The third-order valence-corrected chi connectivity index (χ3v) is 3.43. The quantitative estimate of drug-likeness (QED) is 0.608. The molecule has 0 unspecified atom stereocenters. The summed E-state index contributed by atoms with van der Waals surface area (Å²) >= 11 is 0. The highest BCUT2D eigenvalue weighted by molar-refractivity contribution is 5.79. The van der Waals surface area contributed by atoms with Gasteiger partial charge in [0.1, 0.15) is 11.6 Å². The van der Waals surface area contributed by atoms with Crippen molar-refractivity contribution in [1.82, 2.24) is 10.6 Å². The first-order valence-corrected chi connectivity index (χ1v) is 7.98. The number of guanidine groups is 1. The number of hydrogen-bond donors (Lipinski definition) is 2. The van der Waals surface area contributed by atoms with E-state index in [1.165, 1.54) is 6.07 Å². The highest BCUT2D eigenvalue weighted by Crippen LogP contribution is 2.10. The molecule has 2 aromatic rings. The monoisotopic (exact) mass is 317 g/mol. The molecule has 0 radical (unpaired) electrons. The molecule has 23 heavy (non-hydrogen) atoms. The van der Waals surface area contributed by atoms with Crippen LogP contribution in [-0.4, -0.2) is 19.0 Å². The lowest BCUT2D eigenvalue weighted by atomic mass is 10.1. The number of nitrogens with one attached hydrogen (secondary N) is 2. The van der Waals surface area contributed by atoms with Crippen molar-refractivity contribution < 1.29 is 8.81 Å². The van der Waals surface area contributed by atoms with Crippen LogP contribution in [0.1, 0.15) is 30.2 Å². The summed E-state index contributed by atoms with van der Waals surface area (Å²) in [5.41, 5.74) is 1.64. The Morgan fingerprint density at radius 2 is 2.04 bits per heavy atom. The van der Waals surface area contributed by atoms with Crippen LogP contribution < -0.4 is 10.6 Å². The molecule has 0 atom stereocenters. The van der Waals surface area contributed by atoms with E-state index < -0.39 is 0 Å². The maximum atomic E-state index is 13.3. The van der Waals surface area contributed by atoms with E-state index in [9.17, 15) is 4.39 Å². The molecule has 0 bridgehead atoms. The lowest BCUT2D eigenvalue weighted by Crippen LogP contribution is -2.38. The molecule has 0 aliphatic carbocycles. The number of aryl methyl sites for hydroxylation is 1. The number of nitrogens with zero attached hydrogens (tertiary/aromatic N) is 1. The highest BCUT2D eigenvalue weighted by atomic mass is 19.1. The zero-order valence-electron chi connectivity index (χ0n) is 13.7. The van der Waals surface area contributed by atoms with Gasteiger partial charge in [-0.05, 0) is 42.7 Å². The summed E-state index contributed by atoms with van der Waals surface area (Å²) in [6.45, 7) is 5.98. The van der Waals surface area contributed by atoms with E-state index in [1.54, 1.807) is 19.3 Å². The first-order valence-electron chi connectivity index (χ1n) is 7.98. The Labute approximate surface area is 136 Å². The van der Waals surface area contributed by atoms with E-state index in [-0.39, 0.29) is 5.82 Å². The normalized spacial score (nSPS) is 11.5. The van der Waals surface area contributed by atoms with Crippen LogP contribution >= 0.6 is 0 Å².